The summed E-state index contributed by atoms with van der Waals surface area (Å²) < 4.78 is 5.45. The maximum absolute atomic E-state index is 5.45. The van der Waals surface area contributed by atoms with Crippen LogP contribution in [0.25, 0.3) is 0 Å². The fourth-order valence-electron chi connectivity index (χ4n) is 2.90. The zero-order chi connectivity index (χ0) is 9.97. The van der Waals surface area contributed by atoms with Crippen LogP contribution in [0.2, 0.25) is 0 Å². The molecule has 0 bridgehead atoms. The van der Waals surface area contributed by atoms with Crippen molar-refractivity contribution in [2.45, 2.75) is 71.0 Å². The van der Waals surface area contributed by atoms with E-state index in [1.54, 1.807) is 0 Å². The zero-order valence-corrected chi connectivity index (χ0v) is 9.67. The van der Waals surface area contributed by atoms with Gasteiger partial charge in [0, 0.05) is 0 Å². The van der Waals surface area contributed by atoms with E-state index < -0.39 is 0 Å². The molecule has 1 aliphatic carbocycles. The van der Waals surface area contributed by atoms with Crippen molar-refractivity contribution in [2.24, 2.45) is 11.8 Å². The van der Waals surface area contributed by atoms with E-state index in [1.165, 1.54) is 44.9 Å². The first kappa shape index (κ1) is 10.5. The van der Waals surface area contributed by atoms with Gasteiger partial charge in [-0.2, -0.15) is 0 Å². The molecule has 14 heavy (non-hydrogen) atoms. The highest BCUT2D eigenvalue weighted by Gasteiger charge is 2.34. The van der Waals surface area contributed by atoms with Crippen LogP contribution in [0.5, 0.6) is 0 Å². The summed E-state index contributed by atoms with van der Waals surface area (Å²) in [6.45, 7) is 4.64. The van der Waals surface area contributed by atoms with Crippen LogP contribution in [0.15, 0.2) is 0 Å². The van der Waals surface area contributed by atoms with E-state index in [0.29, 0.717) is 12.2 Å². The van der Waals surface area contributed by atoms with Crippen molar-refractivity contribution in [1.82, 2.24) is 0 Å². The lowest BCUT2D eigenvalue weighted by atomic mass is 9.79. The van der Waals surface area contributed by atoms with Crippen LogP contribution in [0.1, 0.15) is 58.8 Å². The maximum atomic E-state index is 5.45. The first-order valence-corrected chi connectivity index (χ1v) is 6.43. The predicted octanol–water partition coefficient (Wildman–Crippen LogP) is 3.77. The Kier molecular flexibility index (Phi) is 3.48. The van der Waals surface area contributed by atoms with Crippen LogP contribution >= 0.6 is 0 Å². The molecule has 1 aliphatic heterocycles. The molecule has 1 heteroatoms. The summed E-state index contributed by atoms with van der Waals surface area (Å²) in [7, 11) is 0. The Morgan fingerprint density at radius 3 is 2.43 bits per heavy atom. The highest BCUT2D eigenvalue weighted by Crippen LogP contribution is 2.34. The number of ether oxygens (including phenoxy) is 1. The van der Waals surface area contributed by atoms with Crippen molar-refractivity contribution >= 4 is 0 Å². The van der Waals surface area contributed by atoms with Crippen molar-refractivity contribution in [2.75, 3.05) is 0 Å². The highest BCUT2D eigenvalue weighted by atomic mass is 16.6. The fraction of sp³-hybridized carbons (Fsp3) is 1.00. The van der Waals surface area contributed by atoms with Gasteiger partial charge in [0.2, 0.25) is 0 Å². The highest BCUT2D eigenvalue weighted by molar-refractivity contribution is 4.81. The van der Waals surface area contributed by atoms with Crippen LogP contribution in [0.3, 0.4) is 0 Å². The summed E-state index contributed by atoms with van der Waals surface area (Å²) in [6.07, 6.45) is 11.3. The number of hydrogen-bond acceptors (Lipinski definition) is 1. The second kappa shape index (κ2) is 4.65. The van der Waals surface area contributed by atoms with Crippen LogP contribution in [0, 0.1) is 11.8 Å². The van der Waals surface area contributed by atoms with Crippen molar-refractivity contribution in [3.63, 3.8) is 0 Å². The number of hydrogen-bond donors (Lipinski definition) is 0. The predicted molar refractivity (Wildman–Crippen MR) is 59.3 cm³/mol. The first-order chi connectivity index (χ1) is 6.77. The zero-order valence-electron chi connectivity index (χ0n) is 9.67. The summed E-state index contributed by atoms with van der Waals surface area (Å²) >= 11 is 0. The van der Waals surface area contributed by atoms with Crippen molar-refractivity contribution in [3.8, 4) is 0 Å². The molecule has 3 atom stereocenters. The monoisotopic (exact) mass is 196 g/mol. The molecular weight excluding hydrogens is 172 g/mol. The van der Waals surface area contributed by atoms with E-state index in [9.17, 15) is 0 Å². The Hall–Kier alpha value is -0.0400. The summed E-state index contributed by atoms with van der Waals surface area (Å²) in [5.41, 5.74) is 0. The van der Waals surface area contributed by atoms with Gasteiger partial charge in [0.1, 0.15) is 0 Å². The third-order valence-electron chi connectivity index (χ3n) is 4.20. The Bertz CT molecular complexity index is 172. The summed E-state index contributed by atoms with van der Waals surface area (Å²) in [6, 6.07) is 0. The molecule has 0 aromatic carbocycles. The van der Waals surface area contributed by atoms with Crippen LogP contribution < -0.4 is 0 Å². The van der Waals surface area contributed by atoms with Gasteiger partial charge in [-0.25, -0.2) is 0 Å². The molecule has 3 unspecified atom stereocenters. The van der Waals surface area contributed by atoms with Crippen LogP contribution in [0.4, 0.5) is 0 Å². The molecule has 0 aromatic rings. The Morgan fingerprint density at radius 1 is 1.21 bits per heavy atom. The summed E-state index contributed by atoms with van der Waals surface area (Å²) in [4.78, 5) is 0. The lowest BCUT2D eigenvalue weighted by Crippen LogP contribution is -2.15. The standard InChI is InChI=1S/C13H24O/c1-10(8-9-13-11(2)14-13)12-6-4-3-5-7-12/h10-13H,3-9H2,1-2H3. The average Bonchev–Trinajstić information content (AvgIpc) is 2.92. The largest absolute Gasteiger partial charge is 0.370 e. The molecule has 2 rings (SSSR count). The van der Waals surface area contributed by atoms with Crippen molar-refractivity contribution < 1.29 is 4.74 Å². The van der Waals surface area contributed by atoms with Crippen LogP contribution in [-0.2, 0) is 4.74 Å². The summed E-state index contributed by atoms with van der Waals surface area (Å²) in [5, 5.41) is 0. The molecule has 2 aliphatic rings. The molecule has 0 spiro atoms. The number of epoxide rings is 1. The second-order valence-corrected chi connectivity index (χ2v) is 5.33. The minimum atomic E-state index is 0.563. The molecule has 1 saturated heterocycles. The number of rotatable bonds is 4. The molecule has 82 valence electrons. The topological polar surface area (TPSA) is 12.5 Å². The van der Waals surface area contributed by atoms with E-state index in [-0.39, 0.29) is 0 Å². The quantitative estimate of drug-likeness (QED) is 0.623. The van der Waals surface area contributed by atoms with Gasteiger partial charge in [-0.1, -0.05) is 39.0 Å². The SMILES string of the molecule is CC(CCC1OC1C)C1CCCCC1. The molecular formula is C13H24O. The van der Waals surface area contributed by atoms with Gasteiger partial charge in [-0.05, 0) is 31.6 Å². The van der Waals surface area contributed by atoms with Gasteiger partial charge >= 0.3 is 0 Å². The molecule has 0 radical (unpaired) electrons. The third-order valence-corrected chi connectivity index (χ3v) is 4.20. The maximum Gasteiger partial charge on any atom is 0.0839 e. The van der Waals surface area contributed by atoms with Gasteiger partial charge < -0.3 is 4.74 Å². The minimum Gasteiger partial charge on any atom is -0.370 e. The van der Waals surface area contributed by atoms with E-state index in [0.717, 1.165) is 11.8 Å². The lowest BCUT2D eigenvalue weighted by molar-refractivity contribution is 0.241. The Balaban J connectivity index is 1.63. The van der Waals surface area contributed by atoms with Gasteiger partial charge in [0.05, 0.1) is 12.2 Å². The van der Waals surface area contributed by atoms with E-state index in [4.69, 9.17) is 4.74 Å². The molecule has 0 aromatic heterocycles. The molecule has 1 saturated carbocycles. The van der Waals surface area contributed by atoms with Crippen LogP contribution in [-0.4, -0.2) is 12.2 Å². The molecule has 2 fully saturated rings. The third kappa shape index (κ3) is 2.73. The van der Waals surface area contributed by atoms with E-state index >= 15 is 0 Å². The first-order valence-electron chi connectivity index (χ1n) is 6.43. The fourth-order valence-corrected chi connectivity index (χ4v) is 2.90. The summed E-state index contributed by atoms with van der Waals surface area (Å²) in [5.74, 6) is 1.96. The smallest absolute Gasteiger partial charge is 0.0839 e. The molecule has 0 amide bonds. The Morgan fingerprint density at radius 2 is 1.86 bits per heavy atom. The second-order valence-electron chi connectivity index (χ2n) is 5.33. The molecule has 1 heterocycles. The van der Waals surface area contributed by atoms with Gasteiger partial charge in [-0.15, -0.1) is 0 Å². The van der Waals surface area contributed by atoms with Gasteiger partial charge in [0.15, 0.2) is 0 Å². The van der Waals surface area contributed by atoms with Crippen molar-refractivity contribution in [3.05, 3.63) is 0 Å². The van der Waals surface area contributed by atoms with E-state index in [1.807, 2.05) is 0 Å². The molecule has 1 nitrogen and oxygen atoms in total. The average molecular weight is 196 g/mol. The van der Waals surface area contributed by atoms with Crippen molar-refractivity contribution in [1.29, 1.82) is 0 Å². The van der Waals surface area contributed by atoms with Gasteiger partial charge in [-0.3, -0.25) is 0 Å². The normalized spacial score (nSPS) is 35.6. The van der Waals surface area contributed by atoms with E-state index in [2.05, 4.69) is 13.8 Å². The lowest BCUT2D eigenvalue weighted by Gasteiger charge is -2.27. The van der Waals surface area contributed by atoms with Gasteiger partial charge in [0.25, 0.3) is 0 Å². The Labute approximate surface area is 88.2 Å². The molecule has 0 N–H and O–H groups in total. The minimum absolute atomic E-state index is 0.563.